The number of rotatable bonds is 4. The molecule has 0 heterocycles. The monoisotopic (exact) mass is 458 g/mol. The third kappa shape index (κ3) is 5.13. The molecular weight excluding hydrogens is 447 g/mol. The fourth-order valence-corrected chi connectivity index (χ4v) is 2.44. The maximum absolute atomic E-state index is 11.9. The molecule has 21 heavy (non-hydrogen) atoms. The molecule has 2 aromatic carbocycles. The molecule has 2 N–H and O–H groups in total. The van der Waals surface area contributed by atoms with Crippen molar-refractivity contribution in [1.29, 1.82) is 0 Å². The van der Waals surface area contributed by atoms with Crippen LogP contribution in [0.25, 0.3) is 0 Å². The molecule has 0 spiro atoms. The fourth-order valence-electron chi connectivity index (χ4n) is 1.64. The van der Waals surface area contributed by atoms with Crippen LogP contribution in [0.2, 0.25) is 0 Å². The minimum Gasteiger partial charge on any atom is -0.343 e. The van der Waals surface area contributed by atoms with Crippen LogP contribution in [0.5, 0.6) is 0 Å². The summed E-state index contributed by atoms with van der Waals surface area (Å²) in [5.74, 6) is -0.539. The van der Waals surface area contributed by atoms with E-state index in [0.717, 1.165) is 8.04 Å². The highest BCUT2D eigenvalue weighted by Crippen LogP contribution is 2.12. The Labute approximate surface area is 144 Å². The van der Waals surface area contributed by atoms with Crippen molar-refractivity contribution in [2.24, 2.45) is 0 Å². The number of anilines is 1. The Balaban J connectivity index is 1.86. The van der Waals surface area contributed by atoms with E-state index in [1.807, 2.05) is 18.2 Å². The van der Waals surface area contributed by atoms with E-state index < -0.39 is 0 Å². The van der Waals surface area contributed by atoms with E-state index in [9.17, 15) is 9.59 Å². The Morgan fingerprint density at radius 1 is 1.10 bits per heavy atom. The van der Waals surface area contributed by atoms with Crippen LogP contribution in [-0.4, -0.2) is 18.4 Å². The summed E-state index contributed by atoms with van der Waals surface area (Å²) in [6.45, 7) is -0.0691. The third-order valence-corrected chi connectivity index (χ3v) is 3.82. The van der Waals surface area contributed by atoms with Gasteiger partial charge in [-0.25, -0.2) is 0 Å². The number of carbonyl (C=O) groups excluding carboxylic acids is 2. The summed E-state index contributed by atoms with van der Waals surface area (Å²) >= 11 is 5.47. The van der Waals surface area contributed by atoms with Gasteiger partial charge in [0.05, 0.1) is 6.54 Å². The fraction of sp³-hybridized carbons (Fsp3) is 0.0667. The second-order valence-corrected chi connectivity index (χ2v) is 6.41. The SMILES string of the molecule is O=C(CNC(=O)c1ccc(Br)cc1)Nc1cccc(I)c1. The van der Waals surface area contributed by atoms with Crippen LogP contribution < -0.4 is 10.6 Å². The highest BCUT2D eigenvalue weighted by molar-refractivity contribution is 14.1. The van der Waals surface area contributed by atoms with Crippen molar-refractivity contribution in [2.45, 2.75) is 0 Å². The van der Waals surface area contributed by atoms with Crippen LogP contribution in [0.3, 0.4) is 0 Å². The molecular formula is C15H12BrIN2O2. The second-order valence-electron chi connectivity index (χ2n) is 4.25. The third-order valence-electron chi connectivity index (χ3n) is 2.62. The highest BCUT2D eigenvalue weighted by atomic mass is 127. The summed E-state index contributed by atoms with van der Waals surface area (Å²) in [7, 11) is 0. The average molecular weight is 459 g/mol. The molecule has 2 rings (SSSR count). The smallest absolute Gasteiger partial charge is 0.251 e. The van der Waals surface area contributed by atoms with Crippen LogP contribution in [0.15, 0.2) is 53.0 Å². The van der Waals surface area contributed by atoms with Gasteiger partial charge in [-0.3, -0.25) is 9.59 Å². The standard InChI is InChI=1S/C15H12BrIN2O2/c16-11-6-4-10(5-7-11)15(21)18-9-14(20)19-13-3-1-2-12(17)8-13/h1-8H,9H2,(H,18,21)(H,19,20). The van der Waals surface area contributed by atoms with Crippen molar-refractivity contribution in [3.05, 3.63) is 62.1 Å². The zero-order chi connectivity index (χ0) is 15.2. The van der Waals surface area contributed by atoms with Gasteiger partial charge in [0.15, 0.2) is 0 Å². The largest absolute Gasteiger partial charge is 0.343 e. The van der Waals surface area contributed by atoms with Gasteiger partial charge in [0, 0.05) is 19.3 Å². The van der Waals surface area contributed by atoms with E-state index in [1.165, 1.54) is 0 Å². The Morgan fingerprint density at radius 2 is 1.81 bits per heavy atom. The molecule has 0 aliphatic rings. The van der Waals surface area contributed by atoms with Gasteiger partial charge in [-0.2, -0.15) is 0 Å². The molecule has 6 heteroatoms. The molecule has 2 aromatic rings. The van der Waals surface area contributed by atoms with Gasteiger partial charge in [0.1, 0.15) is 0 Å². The van der Waals surface area contributed by atoms with Crippen LogP contribution in [0.4, 0.5) is 5.69 Å². The van der Waals surface area contributed by atoms with E-state index >= 15 is 0 Å². The Kier molecular flexibility index (Phi) is 5.75. The quantitative estimate of drug-likeness (QED) is 0.689. The van der Waals surface area contributed by atoms with E-state index in [2.05, 4.69) is 49.2 Å². The van der Waals surface area contributed by atoms with Crippen LogP contribution in [-0.2, 0) is 4.79 Å². The number of amides is 2. The molecule has 0 radical (unpaired) electrons. The molecule has 4 nitrogen and oxygen atoms in total. The predicted molar refractivity (Wildman–Crippen MR) is 94.3 cm³/mol. The summed E-state index contributed by atoms with van der Waals surface area (Å²) < 4.78 is 1.93. The second kappa shape index (κ2) is 7.56. The summed E-state index contributed by atoms with van der Waals surface area (Å²) in [5.41, 5.74) is 1.23. The van der Waals surface area contributed by atoms with Crippen molar-refractivity contribution in [3.8, 4) is 0 Å². The van der Waals surface area contributed by atoms with E-state index in [-0.39, 0.29) is 18.4 Å². The number of benzene rings is 2. The molecule has 0 bridgehead atoms. The molecule has 0 atom stereocenters. The molecule has 0 saturated carbocycles. The summed E-state index contributed by atoms with van der Waals surface area (Å²) in [4.78, 5) is 23.6. The number of halogens is 2. The minimum absolute atomic E-state index is 0.0691. The molecule has 0 aromatic heterocycles. The average Bonchev–Trinajstić information content (AvgIpc) is 2.45. The first-order valence-corrected chi connectivity index (χ1v) is 8.01. The van der Waals surface area contributed by atoms with E-state index in [0.29, 0.717) is 11.3 Å². The van der Waals surface area contributed by atoms with Gasteiger partial charge in [-0.05, 0) is 65.1 Å². The van der Waals surface area contributed by atoms with Crippen molar-refractivity contribution in [1.82, 2.24) is 5.32 Å². The Hall–Kier alpha value is -1.41. The molecule has 2 amide bonds. The first-order chi connectivity index (χ1) is 10.0. The van der Waals surface area contributed by atoms with E-state index in [1.54, 1.807) is 30.3 Å². The lowest BCUT2D eigenvalue weighted by molar-refractivity contribution is -0.115. The number of nitrogens with one attached hydrogen (secondary N) is 2. The van der Waals surface area contributed by atoms with Crippen molar-refractivity contribution in [3.63, 3.8) is 0 Å². The zero-order valence-corrected chi connectivity index (χ0v) is 14.6. The van der Waals surface area contributed by atoms with E-state index in [4.69, 9.17) is 0 Å². The Bertz CT molecular complexity index is 659. The number of hydrogen-bond acceptors (Lipinski definition) is 2. The van der Waals surface area contributed by atoms with Gasteiger partial charge in [0.25, 0.3) is 5.91 Å². The van der Waals surface area contributed by atoms with Crippen LogP contribution in [0, 0.1) is 3.57 Å². The first kappa shape index (κ1) is 16.0. The lowest BCUT2D eigenvalue weighted by Gasteiger charge is -2.07. The van der Waals surface area contributed by atoms with Crippen molar-refractivity contribution in [2.75, 3.05) is 11.9 Å². The maximum atomic E-state index is 11.9. The predicted octanol–water partition coefficient (Wildman–Crippen LogP) is 3.42. The summed E-state index contributed by atoms with van der Waals surface area (Å²) in [6.07, 6.45) is 0. The number of carbonyl (C=O) groups is 2. The van der Waals surface area contributed by atoms with Gasteiger partial charge < -0.3 is 10.6 Å². The maximum Gasteiger partial charge on any atom is 0.251 e. The van der Waals surface area contributed by atoms with Gasteiger partial charge >= 0.3 is 0 Å². The Morgan fingerprint density at radius 3 is 2.48 bits per heavy atom. The first-order valence-electron chi connectivity index (χ1n) is 6.14. The van der Waals surface area contributed by atoms with Gasteiger partial charge in [0.2, 0.25) is 5.91 Å². The normalized spacial score (nSPS) is 10.0. The molecule has 0 fully saturated rings. The summed E-state index contributed by atoms with van der Waals surface area (Å²) in [5, 5.41) is 5.32. The minimum atomic E-state index is -0.278. The van der Waals surface area contributed by atoms with Crippen LogP contribution >= 0.6 is 38.5 Å². The molecule has 0 aliphatic heterocycles. The van der Waals surface area contributed by atoms with Crippen molar-refractivity contribution < 1.29 is 9.59 Å². The van der Waals surface area contributed by atoms with Gasteiger partial charge in [-0.15, -0.1) is 0 Å². The topological polar surface area (TPSA) is 58.2 Å². The molecule has 0 saturated heterocycles. The zero-order valence-electron chi connectivity index (χ0n) is 10.9. The lowest BCUT2D eigenvalue weighted by atomic mass is 10.2. The van der Waals surface area contributed by atoms with Crippen molar-refractivity contribution >= 4 is 56.0 Å². The summed E-state index contributed by atoms with van der Waals surface area (Å²) in [6, 6.07) is 14.4. The lowest BCUT2D eigenvalue weighted by Crippen LogP contribution is -2.32. The molecule has 108 valence electrons. The highest BCUT2D eigenvalue weighted by Gasteiger charge is 2.08. The van der Waals surface area contributed by atoms with Crippen LogP contribution in [0.1, 0.15) is 10.4 Å². The number of hydrogen-bond donors (Lipinski definition) is 2. The van der Waals surface area contributed by atoms with Gasteiger partial charge in [-0.1, -0.05) is 22.0 Å². The molecule has 0 unspecified atom stereocenters. The molecule has 0 aliphatic carbocycles.